The molecule has 3 heteroatoms. The van der Waals surface area contributed by atoms with E-state index in [4.69, 9.17) is 11.6 Å². The number of benzene rings is 1. The molecule has 0 radical (unpaired) electrons. The predicted octanol–water partition coefficient (Wildman–Crippen LogP) is 3.63. The van der Waals surface area contributed by atoms with E-state index in [0.29, 0.717) is 17.4 Å². The summed E-state index contributed by atoms with van der Waals surface area (Å²) in [6.07, 6.45) is 7.00. The number of hydrogen-bond acceptors (Lipinski definition) is 1. The molecule has 1 N–H and O–H groups in total. The lowest BCUT2D eigenvalue weighted by Crippen LogP contribution is -2.14. The van der Waals surface area contributed by atoms with Crippen LogP contribution in [-0.4, -0.2) is 5.91 Å². The maximum Gasteiger partial charge on any atom is 0.224 e. The van der Waals surface area contributed by atoms with Crippen LogP contribution in [0, 0.1) is 5.92 Å². The zero-order chi connectivity index (χ0) is 11.4. The van der Waals surface area contributed by atoms with Gasteiger partial charge in [-0.2, -0.15) is 0 Å². The normalized spacial score (nSPS) is 18.7. The van der Waals surface area contributed by atoms with Crippen LogP contribution in [0.2, 0.25) is 5.02 Å². The molecule has 1 aliphatic carbocycles. The van der Waals surface area contributed by atoms with E-state index < -0.39 is 0 Å². The highest BCUT2D eigenvalue weighted by atomic mass is 35.5. The number of anilines is 1. The number of carbonyl (C=O) groups is 1. The van der Waals surface area contributed by atoms with Crippen molar-refractivity contribution in [1.82, 2.24) is 0 Å². The number of nitrogens with one attached hydrogen (secondary N) is 1. The molecule has 1 atom stereocenters. The molecule has 0 aromatic heterocycles. The first kappa shape index (κ1) is 11.2. The number of carbonyl (C=O) groups excluding carboxylic acids is 1. The molecule has 0 heterocycles. The van der Waals surface area contributed by atoms with E-state index >= 15 is 0 Å². The maximum atomic E-state index is 11.7. The SMILES string of the molecule is O=C(CC1C=CCC1)Nc1cccc(Cl)c1. The van der Waals surface area contributed by atoms with Gasteiger partial charge in [0.1, 0.15) is 0 Å². The molecule has 1 amide bonds. The number of rotatable bonds is 3. The van der Waals surface area contributed by atoms with E-state index in [-0.39, 0.29) is 5.91 Å². The third kappa shape index (κ3) is 3.11. The van der Waals surface area contributed by atoms with Crippen LogP contribution in [0.15, 0.2) is 36.4 Å². The molecule has 0 saturated carbocycles. The summed E-state index contributed by atoms with van der Waals surface area (Å²) in [5, 5.41) is 3.49. The second-order valence-electron chi connectivity index (χ2n) is 4.03. The summed E-state index contributed by atoms with van der Waals surface area (Å²) in [6, 6.07) is 7.21. The van der Waals surface area contributed by atoms with Crippen LogP contribution in [-0.2, 0) is 4.79 Å². The fourth-order valence-corrected chi connectivity index (χ4v) is 2.07. The lowest BCUT2D eigenvalue weighted by molar-refractivity contribution is -0.116. The van der Waals surface area contributed by atoms with Crippen molar-refractivity contribution in [2.45, 2.75) is 19.3 Å². The smallest absolute Gasteiger partial charge is 0.224 e. The van der Waals surface area contributed by atoms with Crippen molar-refractivity contribution in [3.63, 3.8) is 0 Å². The fraction of sp³-hybridized carbons (Fsp3) is 0.308. The van der Waals surface area contributed by atoms with Gasteiger partial charge in [-0.25, -0.2) is 0 Å². The van der Waals surface area contributed by atoms with Gasteiger partial charge in [-0.05, 0) is 37.0 Å². The average Bonchev–Trinajstić information content (AvgIpc) is 2.70. The number of amides is 1. The van der Waals surface area contributed by atoms with E-state index in [1.807, 2.05) is 12.1 Å². The van der Waals surface area contributed by atoms with Crippen LogP contribution in [0.3, 0.4) is 0 Å². The van der Waals surface area contributed by atoms with Crippen molar-refractivity contribution in [2.24, 2.45) is 5.92 Å². The molecule has 0 spiro atoms. The summed E-state index contributed by atoms with van der Waals surface area (Å²) in [4.78, 5) is 11.7. The predicted molar refractivity (Wildman–Crippen MR) is 66.6 cm³/mol. The highest BCUT2D eigenvalue weighted by molar-refractivity contribution is 6.30. The number of allylic oxidation sites excluding steroid dienone is 2. The molecule has 16 heavy (non-hydrogen) atoms. The number of halogens is 1. The van der Waals surface area contributed by atoms with Gasteiger partial charge in [-0.1, -0.05) is 29.8 Å². The second kappa shape index (κ2) is 5.17. The average molecular weight is 236 g/mol. The van der Waals surface area contributed by atoms with Gasteiger partial charge in [0.15, 0.2) is 0 Å². The third-order valence-electron chi connectivity index (χ3n) is 2.67. The van der Waals surface area contributed by atoms with Crippen molar-refractivity contribution in [3.8, 4) is 0 Å². The standard InChI is InChI=1S/C13H14ClNO/c14-11-6-3-7-12(9-11)15-13(16)8-10-4-1-2-5-10/h1,3-4,6-7,9-10H,2,5,8H2,(H,15,16). The lowest BCUT2D eigenvalue weighted by Gasteiger charge is -2.08. The highest BCUT2D eigenvalue weighted by Gasteiger charge is 2.13. The first-order chi connectivity index (χ1) is 7.74. The van der Waals surface area contributed by atoms with E-state index in [0.717, 1.165) is 18.5 Å². The Morgan fingerprint density at radius 2 is 2.38 bits per heavy atom. The Balaban J connectivity index is 1.89. The Bertz CT molecular complexity index is 414. The van der Waals surface area contributed by atoms with E-state index in [9.17, 15) is 4.79 Å². The molecule has 2 nitrogen and oxygen atoms in total. The van der Waals surface area contributed by atoms with Crippen molar-refractivity contribution < 1.29 is 4.79 Å². The summed E-state index contributed by atoms with van der Waals surface area (Å²) in [7, 11) is 0. The largest absolute Gasteiger partial charge is 0.326 e. The summed E-state index contributed by atoms with van der Waals surface area (Å²) < 4.78 is 0. The highest BCUT2D eigenvalue weighted by Crippen LogP contribution is 2.21. The molecule has 0 fully saturated rings. The van der Waals surface area contributed by atoms with Gasteiger partial charge in [-0.3, -0.25) is 4.79 Å². The Labute approximate surface area is 100 Å². The molecular weight excluding hydrogens is 222 g/mol. The molecular formula is C13H14ClNO. The maximum absolute atomic E-state index is 11.7. The molecule has 1 unspecified atom stereocenters. The molecule has 1 aliphatic rings. The molecule has 2 rings (SSSR count). The molecule has 0 bridgehead atoms. The Kier molecular flexibility index (Phi) is 3.62. The second-order valence-corrected chi connectivity index (χ2v) is 4.46. The zero-order valence-electron chi connectivity index (χ0n) is 8.95. The lowest BCUT2D eigenvalue weighted by atomic mass is 10.1. The van der Waals surface area contributed by atoms with Crippen LogP contribution >= 0.6 is 11.6 Å². The monoisotopic (exact) mass is 235 g/mol. The van der Waals surface area contributed by atoms with Gasteiger partial charge >= 0.3 is 0 Å². The van der Waals surface area contributed by atoms with Gasteiger partial charge in [-0.15, -0.1) is 0 Å². The molecule has 1 aromatic carbocycles. The molecule has 0 saturated heterocycles. The van der Waals surface area contributed by atoms with Gasteiger partial charge in [0.25, 0.3) is 0 Å². The van der Waals surface area contributed by atoms with Crippen LogP contribution in [0.25, 0.3) is 0 Å². The first-order valence-corrected chi connectivity index (χ1v) is 5.84. The first-order valence-electron chi connectivity index (χ1n) is 5.46. The van der Waals surface area contributed by atoms with E-state index in [1.54, 1.807) is 12.1 Å². The summed E-state index contributed by atoms with van der Waals surface area (Å²) in [5.41, 5.74) is 0.763. The van der Waals surface area contributed by atoms with Crippen LogP contribution in [0.5, 0.6) is 0 Å². The summed E-state index contributed by atoms with van der Waals surface area (Å²) >= 11 is 5.84. The van der Waals surface area contributed by atoms with Crippen molar-refractivity contribution in [1.29, 1.82) is 0 Å². The third-order valence-corrected chi connectivity index (χ3v) is 2.90. The zero-order valence-corrected chi connectivity index (χ0v) is 9.70. The number of hydrogen-bond donors (Lipinski definition) is 1. The topological polar surface area (TPSA) is 29.1 Å². The molecule has 0 aliphatic heterocycles. The van der Waals surface area contributed by atoms with Crippen LogP contribution < -0.4 is 5.32 Å². The van der Waals surface area contributed by atoms with Gasteiger partial charge < -0.3 is 5.32 Å². The Morgan fingerprint density at radius 3 is 3.06 bits per heavy atom. The van der Waals surface area contributed by atoms with E-state index in [2.05, 4.69) is 17.5 Å². The minimum atomic E-state index is 0.0545. The van der Waals surface area contributed by atoms with Crippen molar-refractivity contribution in [3.05, 3.63) is 41.4 Å². The van der Waals surface area contributed by atoms with Crippen LogP contribution in [0.4, 0.5) is 5.69 Å². The van der Waals surface area contributed by atoms with Gasteiger partial charge in [0.2, 0.25) is 5.91 Å². The summed E-state index contributed by atoms with van der Waals surface area (Å²) in [6.45, 7) is 0. The van der Waals surface area contributed by atoms with Crippen molar-refractivity contribution >= 4 is 23.2 Å². The minimum Gasteiger partial charge on any atom is -0.326 e. The Hall–Kier alpha value is -1.28. The fourth-order valence-electron chi connectivity index (χ4n) is 1.88. The van der Waals surface area contributed by atoms with E-state index in [1.165, 1.54) is 0 Å². The quantitative estimate of drug-likeness (QED) is 0.797. The molecule has 1 aromatic rings. The van der Waals surface area contributed by atoms with Gasteiger partial charge in [0.05, 0.1) is 0 Å². The van der Waals surface area contributed by atoms with Crippen LogP contribution in [0.1, 0.15) is 19.3 Å². The van der Waals surface area contributed by atoms with Crippen molar-refractivity contribution in [2.75, 3.05) is 5.32 Å². The molecule has 84 valence electrons. The Morgan fingerprint density at radius 1 is 1.50 bits per heavy atom. The van der Waals surface area contributed by atoms with Gasteiger partial charge in [0, 0.05) is 17.1 Å². The minimum absolute atomic E-state index is 0.0545. The summed E-state index contributed by atoms with van der Waals surface area (Å²) in [5.74, 6) is 0.456.